The SMILES string of the molecule is C1=CCC(Nc2cncc3nnnn23)C1. The summed E-state index contributed by atoms with van der Waals surface area (Å²) in [6.45, 7) is 0. The Bertz CT molecular complexity index is 494. The van der Waals surface area contributed by atoms with E-state index in [0.29, 0.717) is 11.7 Å². The lowest BCUT2D eigenvalue weighted by Crippen LogP contribution is -2.17. The molecule has 0 atom stereocenters. The minimum absolute atomic E-state index is 0.432. The average Bonchev–Trinajstić information content (AvgIpc) is 2.87. The highest BCUT2D eigenvalue weighted by molar-refractivity contribution is 5.44. The Morgan fingerprint density at radius 3 is 3.00 bits per heavy atom. The summed E-state index contributed by atoms with van der Waals surface area (Å²) < 4.78 is 1.66. The van der Waals surface area contributed by atoms with Gasteiger partial charge in [0.15, 0.2) is 11.5 Å². The molecule has 0 radical (unpaired) electrons. The first-order chi connectivity index (χ1) is 7.43. The van der Waals surface area contributed by atoms with Crippen molar-refractivity contribution in [1.82, 2.24) is 25.0 Å². The fraction of sp³-hybridized carbons (Fsp3) is 0.333. The Labute approximate surface area is 86.0 Å². The summed E-state index contributed by atoms with van der Waals surface area (Å²) >= 11 is 0. The summed E-state index contributed by atoms with van der Waals surface area (Å²) in [5, 5.41) is 14.7. The van der Waals surface area contributed by atoms with Crippen molar-refractivity contribution in [3.63, 3.8) is 0 Å². The fourth-order valence-electron chi connectivity index (χ4n) is 1.72. The zero-order valence-corrected chi connectivity index (χ0v) is 8.04. The van der Waals surface area contributed by atoms with Crippen LogP contribution in [0, 0.1) is 0 Å². The van der Waals surface area contributed by atoms with Crippen LogP contribution in [0.4, 0.5) is 5.82 Å². The van der Waals surface area contributed by atoms with E-state index in [-0.39, 0.29) is 0 Å². The molecule has 0 amide bonds. The van der Waals surface area contributed by atoms with Gasteiger partial charge in [0.05, 0.1) is 12.4 Å². The number of hydrogen-bond acceptors (Lipinski definition) is 5. The zero-order chi connectivity index (χ0) is 10.1. The van der Waals surface area contributed by atoms with Crippen LogP contribution in [-0.2, 0) is 0 Å². The molecule has 0 aromatic carbocycles. The standard InChI is InChI=1S/C9H10N6/c1-2-4-7(3-1)11-8-5-10-6-9-12-13-14-15(8)9/h1-2,5-7,11H,3-4H2. The van der Waals surface area contributed by atoms with Gasteiger partial charge in [0.1, 0.15) is 0 Å². The second kappa shape index (κ2) is 3.30. The highest BCUT2D eigenvalue weighted by atomic mass is 15.5. The van der Waals surface area contributed by atoms with E-state index in [1.54, 1.807) is 16.9 Å². The van der Waals surface area contributed by atoms with Crippen molar-refractivity contribution in [2.75, 3.05) is 5.32 Å². The van der Waals surface area contributed by atoms with Crippen LogP contribution < -0.4 is 5.32 Å². The van der Waals surface area contributed by atoms with E-state index in [9.17, 15) is 0 Å². The molecule has 15 heavy (non-hydrogen) atoms. The third-order valence-corrected chi connectivity index (χ3v) is 2.47. The lowest BCUT2D eigenvalue weighted by Gasteiger charge is -2.12. The van der Waals surface area contributed by atoms with E-state index in [4.69, 9.17) is 0 Å². The quantitative estimate of drug-likeness (QED) is 0.724. The molecule has 0 saturated carbocycles. The summed E-state index contributed by atoms with van der Waals surface area (Å²) in [6, 6.07) is 0.432. The molecule has 2 aromatic rings. The average molecular weight is 202 g/mol. The Hall–Kier alpha value is -1.98. The van der Waals surface area contributed by atoms with E-state index < -0.39 is 0 Å². The monoisotopic (exact) mass is 202 g/mol. The molecule has 6 heteroatoms. The molecule has 0 fully saturated rings. The van der Waals surface area contributed by atoms with Crippen LogP contribution in [0.3, 0.4) is 0 Å². The minimum atomic E-state index is 0.432. The summed E-state index contributed by atoms with van der Waals surface area (Å²) in [5.41, 5.74) is 0.658. The Kier molecular flexibility index (Phi) is 1.84. The van der Waals surface area contributed by atoms with E-state index in [0.717, 1.165) is 18.7 Å². The van der Waals surface area contributed by atoms with Gasteiger partial charge in [-0.25, -0.2) is 0 Å². The van der Waals surface area contributed by atoms with Gasteiger partial charge >= 0.3 is 0 Å². The van der Waals surface area contributed by atoms with Gasteiger partial charge < -0.3 is 5.32 Å². The summed E-state index contributed by atoms with van der Waals surface area (Å²) in [4.78, 5) is 4.08. The molecular weight excluding hydrogens is 192 g/mol. The van der Waals surface area contributed by atoms with Gasteiger partial charge in [-0.15, -0.1) is 5.10 Å². The van der Waals surface area contributed by atoms with Crippen LogP contribution in [0.1, 0.15) is 12.8 Å². The molecule has 1 aliphatic carbocycles. The third kappa shape index (κ3) is 1.43. The minimum Gasteiger partial charge on any atom is -0.365 e. The number of nitrogens with zero attached hydrogens (tertiary/aromatic N) is 5. The van der Waals surface area contributed by atoms with E-state index in [2.05, 4.69) is 38.0 Å². The van der Waals surface area contributed by atoms with Gasteiger partial charge in [0, 0.05) is 6.04 Å². The van der Waals surface area contributed by atoms with Crippen LogP contribution in [0.25, 0.3) is 5.65 Å². The molecule has 6 nitrogen and oxygen atoms in total. The van der Waals surface area contributed by atoms with E-state index in [1.165, 1.54) is 0 Å². The number of anilines is 1. The highest BCUT2D eigenvalue weighted by Gasteiger charge is 2.12. The van der Waals surface area contributed by atoms with Crippen molar-refractivity contribution in [3.8, 4) is 0 Å². The maximum absolute atomic E-state index is 4.08. The number of fused-ring (bicyclic) bond motifs is 1. The van der Waals surface area contributed by atoms with Crippen molar-refractivity contribution >= 4 is 11.5 Å². The third-order valence-electron chi connectivity index (χ3n) is 2.47. The molecule has 1 N–H and O–H groups in total. The first-order valence-electron chi connectivity index (χ1n) is 4.87. The second-order valence-corrected chi connectivity index (χ2v) is 3.53. The molecular formula is C9H10N6. The zero-order valence-electron chi connectivity index (χ0n) is 8.04. The van der Waals surface area contributed by atoms with Crippen LogP contribution >= 0.6 is 0 Å². The summed E-state index contributed by atoms with van der Waals surface area (Å²) in [5.74, 6) is 0.839. The van der Waals surface area contributed by atoms with E-state index >= 15 is 0 Å². The Morgan fingerprint density at radius 2 is 2.13 bits per heavy atom. The molecule has 2 heterocycles. The molecule has 76 valence electrons. The number of tetrazole rings is 1. The fourth-order valence-corrected chi connectivity index (χ4v) is 1.72. The predicted octanol–water partition coefficient (Wildman–Crippen LogP) is 0.650. The first-order valence-corrected chi connectivity index (χ1v) is 4.87. The molecule has 0 aliphatic heterocycles. The maximum Gasteiger partial charge on any atom is 0.199 e. The number of nitrogens with one attached hydrogen (secondary N) is 1. The van der Waals surface area contributed by atoms with Gasteiger partial charge in [0.2, 0.25) is 0 Å². The van der Waals surface area contributed by atoms with Crippen molar-refractivity contribution in [3.05, 3.63) is 24.5 Å². The first kappa shape index (κ1) is 8.34. The van der Waals surface area contributed by atoms with Crippen molar-refractivity contribution in [2.24, 2.45) is 0 Å². The van der Waals surface area contributed by atoms with Crippen molar-refractivity contribution in [1.29, 1.82) is 0 Å². The number of aromatic nitrogens is 5. The Morgan fingerprint density at radius 1 is 1.27 bits per heavy atom. The highest BCUT2D eigenvalue weighted by Crippen LogP contribution is 2.15. The summed E-state index contributed by atoms with van der Waals surface area (Å²) in [7, 11) is 0. The van der Waals surface area contributed by atoms with E-state index in [1.807, 2.05) is 0 Å². The topological polar surface area (TPSA) is 68.0 Å². The summed E-state index contributed by atoms with van der Waals surface area (Å²) in [6.07, 6.45) is 9.80. The molecule has 1 aliphatic rings. The smallest absolute Gasteiger partial charge is 0.199 e. The molecule has 3 rings (SSSR count). The largest absolute Gasteiger partial charge is 0.365 e. The van der Waals surface area contributed by atoms with Crippen LogP contribution in [-0.4, -0.2) is 31.1 Å². The normalized spacial score (nSPS) is 16.3. The van der Waals surface area contributed by atoms with Gasteiger partial charge in [-0.3, -0.25) is 4.98 Å². The molecule has 0 saturated heterocycles. The van der Waals surface area contributed by atoms with Crippen LogP contribution in [0.5, 0.6) is 0 Å². The number of hydrogen-bond donors (Lipinski definition) is 1. The molecule has 2 aromatic heterocycles. The maximum atomic E-state index is 4.08. The van der Waals surface area contributed by atoms with Gasteiger partial charge in [-0.05, 0) is 23.3 Å². The second-order valence-electron chi connectivity index (χ2n) is 3.53. The lowest BCUT2D eigenvalue weighted by molar-refractivity contribution is 0.754. The van der Waals surface area contributed by atoms with Crippen LogP contribution in [0.15, 0.2) is 24.5 Å². The number of rotatable bonds is 2. The van der Waals surface area contributed by atoms with Crippen molar-refractivity contribution in [2.45, 2.75) is 18.9 Å². The van der Waals surface area contributed by atoms with Gasteiger partial charge in [-0.2, -0.15) is 4.52 Å². The van der Waals surface area contributed by atoms with Crippen molar-refractivity contribution < 1.29 is 0 Å². The van der Waals surface area contributed by atoms with Gasteiger partial charge in [0.25, 0.3) is 0 Å². The molecule has 0 spiro atoms. The van der Waals surface area contributed by atoms with Crippen LogP contribution in [0.2, 0.25) is 0 Å². The lowest BCUT2D eigenvalue weighted by atomic mass is 10.2. The Balaban J connectivity index is 1.92. The van der Waals surface area contributed by atoms with Gasteiger partial charge in [-0.1, -0.05) is 12.2 Å². The molecule has 0 unspecified atom stereocenters. The predicted molar refractivity (Wildman–Crippen MR) is 54.4 cm³/mol. The molecule has 0 bridgehead atoms.